The van der Waals surface area contributed by atoms with Gasteiger partial charge in [0, 0.05) is 11.9 Å². The van der Waals surface area contributed by atoms with Crippen molar-refractivity contribution in [1.82, 2.24) is 0 Å². The van der Waals surface area contributed by atoms with E-state index < -0.39 is 16.6 Å². The number of carbonyl (C=O) groups is 2. The van der Waals surface area contributed by atoms with Crippen LogP contribution in [0.2, 0.25) is 0 Å². The second kappa shape index (κ2) is 12.4. The predicted octanol–water partition coefficient (Wildman–Crippen LogP) is -0.809. The predicted molar refractivity (Wildman–Crippen MR) is 68.0 cm³/mol. The van der Waals surface area contributed by atoms with Crippen molar-refractivity contribution in [3.05, 3.63) is 0 Å². The molecule has 0 spiro atoms. The Morgan fingerprint density at radius 2 is 1.11 bits per heavy atom. The van der Waals surface area contributed by atoms with E-state index in [1.165, 1.54) is 0 Å². The van der Waals surface area contributed by atoms with Crippen molar-refractivity contribution in [2.24, 2.45) is 0 Å². The van der Waals surface area contributed by atoms with Gasteiger partial charge in [-0.15, -0.1) is 0 Å². The summed E-state index contributed by atoms with van der Waals surface area (Å²) >= 11 is 2.56. The quantitative estimate of drug-likeness (QED) is 0.496. The summed E-state index contributed by atoms with van der Waals surface area (Å²) < 4.78 is 10.4. The zero-order chi connectivity index (χ0) is 16.2. The van der Waals surface area contributed by atoms with Gasteiger partial charge in [-0.25, -0.2) is 0 Å². The van der Waals surface area contributed by atoms with Gasteiger partial charge in [0.2, 0.25) is 0 Å². The first-order chi connectivity index (χ1) is 8.30. The molecule has 0 amide bonds. The van der Waals surface area contributed by atoms with Crippen LogP contribution in [0.3, 0.4) is 0 Å². The monoisotopic (exact) mass is 290 g/mol. The number of carboxylic acids is 2. The first-order valence-corrected chi connectivity index (χ1v) is 6.37. The number of aliphatic carboxylic acids is 2. The Morgan fingerprint density at radius 3 is 1.21 bits per heavy atom. The van der Waals surface area contributed by atoms with E-state index in [0.717, 1.165) is 13.8 Å². The molecule has 0 radical (unpaired) electrons. The van der Waals surface area contributed by atoms with Crippen LogP contribution in [0.25, 0.3) is 0 Å². The molecule has 0 rings (SSSR count). The molecule has 0 saturated heterocycles. The molecule has 0 bridgehead atoms. The van der Waals surface area contributed by atoms with Gasteiger partial charge in [0.05, 0.1) is 0 Å². The summed E-state index contributed by atoms with van der Waals surface area (Å²) in [6, 6.07) is 0. The molecule has 0 aromatic heterocycles. The molecule has 0 aromatic rings. The fourth-order valence-electron chi connectivity index (χ4n) is 0.964. The third kappa shape index (κ3) is 46.7. The number of carboxylic acid groups (broad SMARTS) is 2. The van der Waals surface area contributed by atoms with Crippen molar-refractivity contribution in [1.29, 1.82) is 0 Å². The van der Waals surface area contributed by atoms with Gasteiger partial charge in [-0.2, -0.15) is 0 Å². The molecule has 0 unspecified atom stereocenters. The van der Waals surface area contributed by atoms with Crippen LogP contribution >= 0.6 is 0 Å². The number of hydrogen-bond donors (Lipinski definition) is 0. The van der Waals surface area contributed by atoms with Gasteiger partial charge < -0.3 is 19.8 Å². The molecular formula is C12H23AlO6. The minimum absolute atomic E-state index is 0.191. The van der Waals surface area contributed by atoms with Crippen LogP contribution in [-0.4, -0.2) is 45.1 Å². The van der Waals surface area contributed by atoms with E-state index in [-0.39, 0.29) is 12.2 Å². The van der Waals surface area contributed by atoms with Gasteiger partial charge in [0.15, 0.2) is 0 Å². The molecule has 0 aliphatic carbocycles. The minimum atomic E-state index is -1.08. The summed E-state index contributed by atoms with van der Waals surface area (Å²) in [7, 11) is 0. The zero-order valence-corrected chi connectivity index (χ0v) is 13.8. The van der Waals surface area contributed by atoms with Crippen molar-refractivity contribution in [3.8, 4) is 0 Å². The van der Waals surface area contributed by atoms with Crippen LogP contribution in [0.1, 0.15) is 48.5 Å². The summed E-state index contributed by atoms with van der Waals surface area (Å²) in [5.74, 6) is -2.17. The Hall–Kier alpha value is -0.608. The number of rotatable bonds is 4. The van der Waals surface area contributed by atoms with E-state index in [4.69, 9.17) is 29.3 Å². The van der Waals surface area contributed by atoms with Gasteiger partial charge in [-0.3, -0.25) is 0 Å². The Balaban J connectivity index is -0.000000264. The van der Waals surface area contributed by atoms with E-state index >= 15 is 0 Å². The van der Waals surface area contributed by atoms with Crippen molar-refractivity contribution in [3.63, 3.8) is 0 Å². The van der Waals surface area contributed by atoms with E-state index in [0.29, 0.717) is 0 Å². The summed E-state index contributed by atoms with van der Waals surface area (Å²) in [6.07, 6.45) is 0.382. The van der Waals surface area contributed by atoms with Crippen LogP contribution < -0.4 is 10.2 Å². The molecule has 110 valence electrons. The normalized spacial score (nSPS) is 10.3. The molecular weight excluding hydrogens is 267 g/mol. The Labute approximate surface area is 123 Å². The molecule has 7 heteroatoms. The van der Waals surface area contributed by atoms with E-state index in [2.05, 4.69) is 16.3 Å². The Morgan fingerprint density at radius 1 is 0.947 bits per heavy atom. The number of hydrogen-bond acceptors (Lipinski definition) is 6. The van der Waals surface area contributed by atoms with Crippen molar-refractivity contribution in [2.45, 2.75) is 65.3 Å². The van der Waals surface area contributed by atoms with Crippen molar-refractivity contribution < 1.29 is 29.3 Å². The molecule has 0 fully saturated rings. The Bertz CT molecular complexity index is 219. The third-order valence-corrected chi connectivity index (χ3v) is 1.21. The van der Waals surface area contributed by atoms with Crippen molar-refractivity contribution in [2.75, 3.05) is 0 Å². The fourth-order valence-corrected chi connectivity index (χ4v) is 1.51. The second-order valence-corrected chi connectivity index (χ2v) is 5.38. The average molecular weight is 290 g/mol. The van der Waals surface area contributed by atoms with Crippen LogP contribution in [0.4, 0.5) is 0 Å². The summed E-state index contributed by atoms with van der Waals surface area (Å²) in [5, 5.41) is 17.8. The standard InChI is InChI=1S/C8H17O2.2C2H4O2.Al/c1-6(2)9-8(5)10-7(3)4;2*1-2(3)4;/h6-7H,1-5H3;2*1H3,(H,3,4);/q;;;+2/p-2. The molecule has 0 heterocycles. The molecule has 0 N–H and O–H groups in total. The van der Waals surface area contributed by atoms with Crippen LogP contribution in [0.5, 0.6) is 0 Å². The van der Waals surface area contributed by atoms with E-state index in [9.17, 15) is 0 Å². The van der Waals surface area contributed by atoms with Crippen LogP contribution in [0.15, 0.2) is 0 Å². The van der Waals surface area contributed by atoms with Crippen LogP contribution in [-0.2, 0) is 19.1 Å². The van der Waals surface area contributed by atoms with Gasteiger partial charge in [-0.1, -0.05) is 0 Å². The molecule has 19 heavy (non-hydrogen) atoms. The fraction of sp³-hybridized carbons (Fsp3) is 0.833. The van der Waals surface area contributed by atoms with Crippen molar-refractivity contribution >= 4 is 28.2 Å². The molecule has 0 saturated carbocycles. The topological polar surface area (TPSA) is 98.7 Å². The summed E-state index contributed by atoms with van der Waals surface area (Å²) in [6.45, 7) is 11.8. The summed E-state index contributed by atoms with van der Waals surface area (Å²) in [4.78, 5) is 17.8. The first kappa shape index (κ1) is 23.5. The van der Waals surface area contributed by atoms with Gasteiger partial charge in [0.1, 0.15) is 0 Å². The number of ether oxygens (including phenoxy) is 2. The molecule has 0 atom stereocenters. The van der Waals surface area contributed by atoms with Gasteiger partial charge in [0.25, 0.3) is 0 Å². The number of carbonyl (C=O) groups excluding carboxylic acids is 2. The van der Waals surface area contributed by atoms with Crippen LogP contribution in [0, 0.1) is 0 Å². The maximum absolute atomic E-state index is 8.89. The first-order valence-electron chi connectivity index (χ1n) is 5.79. The SMILES string of the molecule is CC(=O)[O-].CC(=O)[O-].CC(C)O[C](C)([Al+2])OC(C)C. The zero-order valence-electron chi connectivity index (χ0n) is 12.7. The molecule has 0 aromatic carbocycles. The van der Waals surface area contributed by atoms with E-state index in [1.807, 2.05) is 34.6 Å². The molecule has 6 nitrogen and oxygen atoms in total. The average Bonchev–Trinajstić information content (AvgIpc) is 1.93. The molecule has 0 aliphatic rings. The van der Waals surface area contributed by atoms with Gasteiger partial charge in [-0.05, 0) is 13.8 Å². The van der Waals surface area contributed by atoms with E-state index in [1.54, 1.807) is 0 Å². The third-order valence-electron chi connectivity index (χ3n) is 0.939. The molecule has 0 aliphatic heterocycles. The van der Waals surface area contributed by atoms with Gasteiger partial charge >= 0.3 is 77.2 Å². The summed E-state index contributed by atoms with van der Waals surface area (Å²) in [5.41, 5.74) is 0. The second-order valence-electron chi connectivity index (χ2n) is 4.33. The Kier molecular flexibility index (Phi) is 15.4. The maximum atomic E-state index is 8.89.